The van der Waals surface area contributed by atoms with Gasteiger partial charge in [-0.2, -0.15) is 0 Å². The molecule has 0 bridgehead atoms. The van der Waals surface area contributed by atoms with Gasteiger partial charge in [-0.3, -0.25) is 0 Å². The second-order valence-corrected chi connectivity index (χ2v) is 4.67. The van der Waals surface area contributed by atoms with Crippen LogP contribution in [0.3, 0.4) is 0 Å². The van der Waals surface area contributed by atoms with Crippen LogP contribution >= 0.6 is 0 Å². The van der Waals surface area contributed by atoms with Gasteiger partial charge in [0.05, 0.1) is 13.2 Å². The number of carbonyl (C=O) groups excluding carboxylic acids is 2. The fourth-order valence-electron chi connectivity index (χ4n) is 1.44. The molecule has 0 fully saturated rings. The summed E-state index contributed by atoms with van der Waals surface area (Å²) in [5.74, 6) is -2.78. The van der Waals surface area contributed by atoms with E-state index in [1.165, 1.54) is 0 Å². The monoisotopic (exact) mass is 356 g/mol. The van der Waals surface area contributed by atoms with Gasteiger partial charge in [0.2, 0.25) is 5.76 Å². The van der Waals surface area contributed by atoms with Gasteiger partial charge in [0.25, 0.3) is 0 Å². The van der Waals surface area contributed by atoms with E-state index in [4.69, 9.17) is 46.0 Å². The van der Waals surface area contributed by atoms with E-state index in [2.05, 4.69) is 4.74 Å². The van der Waals surface area contributed by atoms with Crippen LogP contribution in [-0.4, -0.2) is 108 Å². The van der Waals surface area contributed by atoms with Crippen LogP contribution in [0.15, 0.2) is 11.5 Å². The quantitative estimate of drug-likeness (QED) is 0.155. The predicted molar refractivity (Wildman–Crippen MR) is 72.4 cm³/mol. The molecular weight excluding hydrogens is 336 g/mol. The minimum atomic E-state index is -1.79. The number of esters is 1. The van der Waals surface area contributed by atoms with Crippen molar-refractivity contribution < 1.29 is 60.3 Å². The van der Waals surface area contributed by atoms with E-state index >= 15 is 0 Å². The highest BCUT2D eigenvalue weighted by molar-refractivity contribution is 5.89. The van der Waals surface area contributed by atoms with Crippen LogP contribution < -0.4 is 0 Å². The van der Waals surface area contributed by atoms with Crippen LogP contribution in [-0.2, 0) is 14.3 Å². The van der Waals surface area contributed by atoms with Crippen LogP contribution in [0.1, 0.15) is 0 Å². The average molecular weight is 356 g/mol. The largest absolute Gasteiger partial charge is 0.505 e. The van der Waals surface area contributed by atoms with Crippen LogP contribution in [0.25, 0.3) is 0 Å². The molecule has 6 atom stereocenters. The smallest absolute Gasteiger partial charge is 0.377 e. The van der Waals surface area contributed by atoms with Gasteiger partial charge in [-0.1, -0.05) is 0 Å². The van der Waals surface area contributed by atoms with Gasteiger partial charge >= 0.3 is 5.97 Å². The molecule has 0 saturated heterocycles. The first kappa shape index (κ1) is 22.2. The summed E-state index contributed by atoms with van der Waals surface area (Å²) < 4.78 is 4.32. The second-order valence-electron chi connectivity index (χ2n) is 4.67. The summed E-state index contributed by atoms with van der Waals surface area (Å²) in [5.41, 5.74) is 0. The lowest BCUT2D eigenvalue weighted by Gasteiger charge is -2.22. The fourth-order valence-corrected chi connectivity index (χ4v) is 1.44. The maximum Gasteiger partial charge on any atom is 0.377 e. The van der Waals surface area contributed by atoms with Crippen LogP contribution in [0, 0.1) is 0 Å². The average Bonchev–Trinajstić information content (AvgIpc) is 2.86. The molecule has 0 saturated carbocycles. The van der Waals surface area contributed by atoms with Gasteiger partial charge in [-0.25, -0.2) is 4.79 Å². The Hall–Kier alpha value is -1.80. The Balaban J connectivity index is 0.000000441. The molecule has 0 amide bonds. The number of ether oxygens (including phenoxy) is 1. The Morgan fingerprint density at radius 1 is 1.00 bits per heavy atom. The lowest BCUT2D eigenvalue weighted by Crippen LogP contribution is -2.46. The topological polar surface area (TPSA) is 225 Å². The molecule has 1 aliphatic rings. The highest BCUT2D eigenvalue weighted by Crippen LogP contribution is 2.20. The van der Waals surface area contributed by atoms with Crippen molar-refractivity contribution in [1.82, 2.24) is 0 Å². The molecule has 12 heteroatoms. The van der Waals surface area contributed by atoms with Crippen molar-refractivity contribution in [3.05, 3.63) is 11.5 Å². The summed E-state index contributed by atoms with van der Waals surface area (Å²) in [4.78, 5) is 20.4. The number of hydrogen-bond acceptors (Lipinski definition) is 12. The van der Waals surface area contributed by atoms with Crippen molar-refractivity contribution in [2.45, 2.75) is 36.6 Å². The van der Waals surface area contributed by atoms with Crippen molar-refractivity contribution in [2.75, 3.05) is 13.2 Å². The van der Waals surface area contributed by atoms with E-state index in [-0.39, 0.29) is 6.29 Å². The number of cyclic esters (lactones) is 1. The molecule has 0 aliphatic carbocycles. The van der Waals surface area contributed by atoms with E-state index in [1.54, 1.807) is 0 Å². The molecule has 0 radical (unpaired) electrons. The van der Waals surface area contributed by atoms with E-state index in [0.29, 0.717) is 0 Å². The van der Waals surface area contributed by atoms with Gasteiger partial charge < -0.3 is 55.5 Å². The van der Waals surface area contributed by atoms with Crippen molar-refractivity contribution in [3.63, 3.8) is 0 Å². The summed E-state index contributed by atoms with van der Waals surface area (Å²) in [7, 11) is 0. The summed E-state index contributed by atoms with van der Waals surface area (Å²) >= 11 is 0. The maximum atomic E-state index is 10.5. The normalized spacial score (nSPS) is 23.5. The van der Waals surface area contributed by atoms with Gasteiger partial charge in [0.1, 0.15) is 30.5 Å². The van der Waals surface area contributed by atoms with E-state index in [1.807, 2.05) is 0 Å². The molecule has 1 heterocycles. The standard InChI is InChI=1S/C6H8O6.C6H12O6/c7-1-2(8)5-3(9)4(10)6(11)12-5;7-1-3(9)5(11)6(12)4(10)2-8/h2,5,7-10H,1H2;1,3-6,8-12H,2H2/t2-,5+;3-,4-,5-,6-/m01/s1. The Bertz CT molecular complexity index is 449. The third-order valence-corrected chi connectivity index (χ3v) is 2.90. The molecule has 0 aromatic heterocycles. The first-order chi connectivity index (χ1) is 11.1. The SMILES string of the molecule is O=C1O[C@H]([C@@H](O)CO)C(O)=C1O.O=C[C@@H](O)[C@@H](O)[C@H](O)[C@H](O)CO. The third kappa shape index (κ3) is 5.68. The van der Waals surface area contributed by atoms with E-state index in [9.17, 15) is 9.59 Å². The lowest BCUT2D eigenvalue weighted by molar-refractivity contribution is -0.147. The maximum absolute atomic E-state index is 10.5. The zero-order chi connectivity index (χ0) is 19.0. The molecule has 1 aliphatic heterocycles. The van der Waals surface area contributed by atoms with Crippen LogP contribution in [0.2, 0.25) is 0 Å². The van der Waals surface area contributed by atoms with Gasteiger partial charge in [-0.05, 0) is 0 Å². The Morgan fingerprint density at radius 3 is 1.88 bits per heavy atom. The molecule has 9 N–H and O–H groups in total. The van der Waals surface area contributed by atoms with E-state index < -0.39 is 67.3 Å². The van der Waals surface area contributed by atoms with E-state index in [0.717, 1.165) is 0 Å². The molecule has 0 aromatic carbocycles. The first-order valence-electron chi connectivity index (χ1n) is 6.52. The summed E-state index contributed by atoms with van der Waals surface area (Å²) in [6.45, 7) is -1.43. The molecule has 12 nitrogen and oxygen atoms in total. The Kier molecular flexibility index (Phi) is 9.38. The molecule has 1 rings (SSSR count). The highest BCUT2D eigenvalue weighted by Gasteiger charge is 2.38. The number of aliphatic hydroxyl groups excluding tert-OH is 9. The minimum absolute atomic E-state index is 0.0258. The number of hydrogen-bond donors (Lipinski definition) is 9. The van der Waals surface area contributed by atoms with Gasteiger partial charge in [0.15, 0.2) is 18.1 Å². The number of rotatable bonds is 7. The first-order valence-corrected chi connectivity index (χ1v) is 6.52. The molecular formula is C12H20O12. The molecule has 24 heavy (non-hydrogen) atoms. The fraction of sp³-hybridized carbons (Fsp3) is 0.667. The lowest BCUT2D eigenvalue weighted by atomic mass is 10.0. The van der Waals surface area contributed by atoms with Crippen molar-refractivity contribution in [2.24, 2.45) is 0 Å². The van der Waals surface area contributed by atoms with Crippen LogP contribution in [0.5, 0.6) is 0 Å². The highest BCUT2D eigenvalue weighted by atomic mass is 16.6. The van der Waals surface area contributed by atoms with Crippen molar-refractivity contribution in [3.8, 4) is 0 Å². The zero-order valence-electron chi connectivity index (χ0n) is 12.2. The number of aldehydes is 1. The second kappa shape index (κ2) is 10.1. The number of aliphatic hydroxyl groups is 9. The summed E-state index contributed by atoms with van der Waals surface area (Å²) in [5, 5.41) is 78.6. The predicted octanol–water partition coefficient (Wildman–Crippen LogP) is -4.79. The molecule has 0 aromatic rings. The Labute approximate surface area is 135 Å². The molecule has 140 valence electrons. The number of carbonyl (C=O) groups is 2. The summed E-state index contributed by atoms with van der Waals surface area (Å²) in [6, 6.07) is 0. The zero-order valence-corrected chi connectivity index (χ0v) is 12.2. The summed E-state index contributed by atoms with van der Waals surface area (Å²) in [6.07, 6.45) is -9.62. The third-order valence-electron chi connectivity index (χ3n) is 2.90. The van der Waals surface area contributed by atoms with Crippen molar-refractivity contribution in [1.29, 1.82) is 0 Å². The minimum Gasteiger partial charge on any atom is -0.505 e. The van der Waals surface area contributed by atoms with Gasteiger partial charge in [-0.15, -0.1) is 0 Å². The molecule has 0 spiro atoms. The molecule has 0 unspecified atom stereocenters. The van der Waals surface area contributed by atoms with Crippen LogP contribution in [0.4, 0.5) is 0 Å². The van der Waals surface area contributed by atoms with Crippen molar-refractivity contribution >= 4 is 12.3 Å². The Morgan fingerprint density at radius 2 is 1.54 bits per heavy atom. The van der Waals surface area contributed by atoms with Gasteiger partial charge in [0, 0.05) is 0 Å².